The maximum Gasteiger partial charge on any atom is 0.343 e. The highest BCUT2D eigenvalue weighted by molar-refractivity contribution is 5.91. The Labute approximate surface area is 234 Å². The van der Waals surface area contributed by atoms with Crippen molar-refractivity contribution in [2.75, 3.05) is 6.61 Å². The van der Waals surface area contributed by atoms with Crippen molar-refractivity contribution >= 4 is 5.97 Å². The molecule has 5 nitrogen and oxygen atoms in total. The summed E-state index contributed by atoms with van der Waals surface area (Å²) in [5.41, 5.74) is 2.53. The van der Waals surface area contributed by atoms with Crippen LogP contribution in [-0.4, -0.2) is 22.5 Å². The summed E-state index contributed by atoms with van der Waals surface area (Å²) in [7, 11) is 0. The summed E-state index contributed by atoms with van der Waals surface area (Å²) in [5.74, 6) is 2.31. The minimum absolute atomic E-state index is 0.401. The van der Waals surface area contributed by atoms with Gasteiger partial charge >= 0.3 is 5.97 Å². The van der Waals surface area contributed by atoms with E-state index in [9.17, 15) is 4.79 Å². The molecule has 0 saturated heterocycles. The lowest BCUT2D eigenvalue weighted by Crippen LogP contribution is -2.08. The summed E-state index contributed by atoms with van der Waals surface area (Å²) in [6.07, 6.45) is 19.8. The van der Waals surface area contributed by atoms with Crippen LogP contribution in [0.2, 0.25) is 0 Å². The van der Waals surface area contributed by atoms with Gasteiger partial charge < -0.3 is 9.47 Å². The largest absolute Gasteiger partial charge is 0.494 e. The Kier molecular flexibility index (Phi) is 13.3. The third-order valence-electron chi connectivity index (χ3n) is 6.88. The molecule has 0 spiro atoms. The van der Waals surface area contributed by atoms with Gasteiger partial charge in [-0.25, -0.2) is 14.8 Å². The molecule has 208 valence electrons. The molecule has 3 aromatic rings. The van der Waals surface area contributed by atoms with Gasteiger partial charge in [0.2, 0.25) is 0 Å². The molecule has 1 atom stereocenters. The fourth-order valence-corrected chi connectivity index (χ4v) is 4.14. The van der Waals surface area contributed by atoms with Gasteiger partial charge in [-0.2, -0.15) is 0 Å². The summed E-state index contributed by atoms with van der Waals surface area (Å²) in [4.78, 5) is 21.7. The molecule has 1 aromatic heterocycles. The molecule has 0 aliphatic heterocycles. The molecule has 2 aromatic carbocycles. The van der Waals surface area contributed by atoms with Gasteiger partial charge in [0.15, 0.2) is 5.82 Å². The van der Waals surface area contributed by atoms with Crippen molar-refractivity contribution in [3.63, 3.8) is 0 Å². The molecule has 0 N–H and O–H groups in total. The highest BCUT2D eigenvalue weighted by Crippen LogP contribution is 2.21. The van der Waals surface area contributed by atoms with E-state index in [-0.39, 0.29) is 0 Å². The first-order valence-electron chi connectivity index (χ1n) is 14.6. The van der Waals surface area contributed by atoms with Crippen LogP contribution in [0.4, 0.5) is 0 Å². The van der Waals surface area contributed by atoms with E-state index >= 15 is 0 Å². The lowest BCUT2D eigenvalue weighted by atomic mass is 10.00. The Balaban J connectivity index is 1.41. The number of benzene rings is 2. The Bertz CT molecular complexity index is 1120. The highest BCUT2D eigenvalue weighted by atomic mass is 16.5. The lowest BCUT2D eigenvalue weighted by Gasteiger charge is -2.08. The average Bonchev–Trinajstić information content (AvgIpc) is 2.97. The monoisotopic (exact) mass is 528 g/mol. The van der Waals surface area contributed by atoms with E-state index in [1.54, 1.807) is 24.3 Å². The first-order valence-corrected chi connectivity index (χ1v) is 14.6. The van der Waals surface area contributed by atoms with Crippen LogP contribution in [-0.2, 0) is 6.42 Å². The van der Waals surface area contributed by atoms with Gasteiger partial charge in [-0.15, -0.1) is 0 Å². The van der Waals surface area contributed by atoms with Crippen LogP contribution in [0.15, 0.2) is 73.1 Å². The molecule has 0 saturated carbocycles. The number of esters is 1. The number of nitrogens with zero attached hydrogens (tertiary/aromatic N) is 2. The predicted octanol–water partition coefficient (Wildman–Crippen LogP) is 9.03. The van der Waals surface area contributed by atoms with Gasteiger partial charge in [0.05, 0.1) is 12.2 Å². The van der Waals surface area contributed by atoms with Crippen molar-refractivity contribution in [2.24, 2.45) is 5.92 Å². The summed E-state index contributed by atoms with van der Waals surface area (Å²) in [6.45, 7) is 7.42. The van der Waals surface area contributed by atoms with Gasteiger partial charge in [0.1, 0.15) is 11.5 Å². The van der Waals surface area contributed by atoms with Gasteiger partial charge in [-0.1, -0.05) is 58.6 Å². The number of hydrogen-bond donors (Lipinski definition) is 0. The fraction of sp³-hybridized carbons (Fsp3) is 0.441. The van der Waals surface area contributed by atoms with Gasteiger partial charge in [-0.05, 0) is 98.5 Å². The number of ether oxygens (including phenoxy) is 2. The maximum atomic E-state index is 12.6. The summed E-state index contributed by atoms with van der Waals surface area (Å²) >= 11 is 0. The van der Waals surface area contributed by atoms with Crippen LogP contribution < -0.4 is 9.47 Å². The molecule has 0 aliphatic rings. The van der Waals surface area contributed by atoms with E-state index in [1.165, 1.54) is 37.7 Å². The molecule has 0 amide bonds. The maximum absolute atomic E-state index is 12.6. The van der Waals surface area contributed by atoms with Crippen LogP contribution in [0.3, 0.4) is 0 Å². The second-order valence-electron chi connectivity index (χ2n) is 10.2. The van der Waals surface area contributed by atoms with E-state index in [4.69, 9.17) is 9.47 Å². The molecule has 0 unspecified atom stereocenters. The van der Waals surface area contributed by atoms with Crippen molar-refractivity contribution in [2.45, 2.75) is 85.0 Å². The molecule has 0 bridgehead atoms. The molecule has 0 radical (unpaired) electrons. The standard InChI is InChI=1S/C34H44N2O3/c1-4-6-7-8-9-10-13-24-38-31-20-18-30(19-21-31)34(37)39-32-22-16-29(17-23-32)33-35-25-28(26-36-33)15-12-11-14-27(3)5-2/h7-8,16-23,25-27H,4-6,9-15,24H2,1-3H3/b8-7-/t27-/m0/s1. The number of unbranched alkanes of at least 4 members (excludes halogenated alkanes) is 4. The predicted molar refractivity (Wildman–Crippen MR) is 159 cm³/mol. The molecular formula is C34H44N2O3. The van der Waals surface area contributed by atoms with Crippen molar-refractivity contribution in [3.05, 3.63) is 84.2 Å². The minimum Gasteiger partial charge on any atom is -0.494 e. The number of allylic oxidation sites excluding steroid dienone is 2. The van der Waals surface area contributed by atoms with Crippen molar-refractivity contribution in [1.82, 2.24) is 9.97 Å². The number of carbonyl (C=O) groups excluding carboxylic acids is 1. The summed E-state index contributed by atoms with van der Waals surface area (Å²) in [5, 5.41) is 0. The van der Waals surface area contributed by atoms with Crippen LogP contribution >= 0.6 is 0 Å². The number of hydrogen-bond acceptors (Lipinski definition) is 5. The fourth-order valence-electron chi connectivity index (χ4n) is 4.14. The molecule has 3 rings (SSSR count). The number of carbonyl (C=O) groups is 1. The van der Waals surface area contributed by atoms with Crippen LogP contribution in [0.5, 0.6) is 11.5 Å². The number of rotatable bonds is 17. The molecule has 5 heteroatoms. The van der Waals surface area contributed by atoms with Crippen LogP contribution in [0.25, 0.3) is 11.4 Å². The third-order valence-corrected chi connectivity index (χ3v) is 6.88. The summed E-state index contributed by atoms with van der Waals surface area (Å²) < 4.78 is 11.4. The first-order chi connectivity index (χ1) is 19.1. The molecular weight excluding hydrogens is 484 g/mol. The average molecular weight is 529 g/mol. The molecule has 0 aliphatic carbocycles. The Morgan fingerprint density at radius 2 is 1.54 bits per heavy atom. The zero-order chi connectivity index (χ0) is 27.7. The molecule has 0 fully saturated rings. The minimum atomic E-state index is -0.401. The van der Waals surface area contributed by atoms with E-state index in [0.717, 1.165) is 49.3 Å². The Morgan fingerprint density at radius 1 is 0.846 bits per heavy atom. The quantitative estimate of drug-likeness (QED) is 0.0757. The number of aryl methyl sites for hydroxylation is 1. The van der Waals surface area contributed by atoms with E-state index in [2.05, 4.69) is 42.9 Å². The van der Waals surface area contributed by atoms with E-state index in [0.29, 0.717) is 23.7 Å². The lowest BCUT2D eigenvalue weighted by molar-refractivity contribution is 0.0734. The normalized spacial score (nSPS) is 12.0. The van der Waals surface area contributed by atoms with Crippen molar-refractivity contribution in [3.8, 4) is 22.9 Å². The van der Waals surface area contributed by atoms with Crippen molar-refractivity contribution in [1.29, 1.82) is 0 Å². The SMILES string of the molecule is CCC/C=C\CCCCOc1ccc(C(=O)Oc2ccc(-c3ncc(CCCC[C@@H](C)CC)cn3)cc2)cc1. The van der Waals surface area contributed by atoms with Crippen LogP contribution in [0, 0.1) is 5.92 Å². The van der Waals surface area contributed by atoms with E-state index in [1.807, 2.05) is 36.7 Å². The van der Waals surface area contributed by atoms with Gasteiger partial charge in [0, 0.05) is 18.0 Å². The Morgan fingerprint density at radius 3 is 2.23 bits per heavy atom. The van der Waals surface area contributed by atoms with Crippen molar-refractivity contribution < 1.29 is 14.3 Å². The first kappa shape index (κ1) is 30.1. The second-order valence-corrected chi connectivity index (χ2v) is 10.2. The zero-order valence-electron chi connectivity index (χ0n) is 23.9. The van der Waals surface area contributed by atoms with Gasteiger partial charge in [-0.3, -0.25) is 0 Å². The van der Waals surface area contributed by atoms with E-state index < -0.39 is 5.97 Å². The summed E-state index contributed by atoms with van der Waals surface area (Å²) in [6, 6.07) is 14.4. The topological polar surface area (TPSA) is 61.3 Å². The molecule has 39 heavy (non-hydrogen) atoms. The molecule has 1 heterocycles. The Hall–Kier alpha value is -3.47. The van der Waals surface area contributed by atoms with Gasteiger partial charge in [0.25, 0.3) is 0 Å². The third kappa shape index (κ3) is 11.0. The second kappa shape index (κ2) is 17.2. The highest BCUT2D eigenvalue weighted by Gasteiger charge is 2.10. The number of aromatic nitrogens is 2. The smallest absolute Gasteiger partial charge is 0.343 e. The van der Waals surface area contributed by atoms with Crippen LogP contribution in [0.1, 0.15) is 94.5 Å². The zero-order valence-corrected chi connectivity index (χ0v) is 23.9.